The highest BCUT2D eigenvalue weighted by Crippen LogP contribution is 2.36. The Labute approximate surface area is 58.8 Å². The van der Waals surface area contributed by atoms with Crippen LogP contribution in [0.2, 0.25) is 0 Å². The smallest absolute Gasteiger partial charge is 0.177 e. The van der Waals surface area contributed by atoms with Gasteiger partial charge in [-0.15, -0.1) is 0 Å². The first-order valence-corrected chi connectivity index (χ1v) is 3.46. The zero-order valence-electron chi connectivity index (χ0n) is 5.42. The van der Waals surface area contributed by atoms with Gasteiger partial charge in [0, 0.05) is 12.1 Å². The zero-order chi connectivity index (χ0) is 6.55. The molecule has 1 N–H and O–H groups in total. The average molecular weight is 133 g/mol. The third kappa shape index (κ3) is 0.400. The highest BCUT2D eigenvalue weighted by atomic mass is 16.5. The predicted octanol–water partition coefficient (Wildman–Crippen LogP) is 1.18. The molecular formula is C8H7NO. The quantitative estimate of drug-likeness (QED) is 0.573. The van der Waals surface area contributed by atoms with Crippen molar-refractivity contribution in [2.45, 2.75) is 12.8 Å². The molecule has 2 aliphatic heterocycles. The summed E-state index contributed by atoms with van der Waals surface area (Å²) in [5.74, 6) is 0.996. The Kier molecular flexibility index (Phi) is 0.640. The molecule has 0 radical (unpaired) electrons. The van der Waals surface area contributed by atoms with Crippen LogP contribution in [0.3, 0.4) is 0 Å². The average Bonchev–Trinajstić information content (AvgIpc) is 2.38. The van der Waals surface area contributed by atoms with Gasteiger partial charge in [-0.05, 0) is 17.7 Å². The van der Waals surface area contributed by atoms with E-state index in [2.05, 4.69) is 17.4 Å². The summed E-state index contributed by atoms with van der Waals surface area (Å²) in [7, 11) is 0. The van der Waals surface area contributed by atoms with E-state index in [1.807, 2.05) is 6.07 Å². The molecule has 1 aromatic carbocycles. The highest BCUT2D eigenvalue weighted by Gasteiger charge is 2.28. The molecule has 0 aliphatic carbocycles. The van der Waals surface area contributed by atoms with Gasteiger partial charge in [0.1, 0.15) is 5.75 Å². The fourth-order valence-electron chi connectivity index (χ4n) is 1.61. The summed E-state index contributed by atoms with van der Waals surface area (Å²) in [4.78, 5) is 0. The molecule has 3 rings (SSSR count). The van der Waals surface area contributed by atoms with E-state index in [0.717, 1.165) is 12.3 Å². The molecule has 1 atom stereocenters. The number of rotatable bonds is 0. The molecule has 2 nitrogen and oxygen atoms in total. The lowest BCUT2D eigenvalue weighted by molar-refractivity contribution is 0.194. The minimum atomic E-state index is 0.167. The predicted molar refractivity (Wildman–Crippen MR) is 36.7 cm³/mol. The first-order chi connectivity index (χ1) is 4.93. The normalized spacial score (nSPS) is 25.0. The highest BCUT2D eigenvalue weighted by molar-refractivity contribution is 5.43. The number of nitrogens with one attached hydrogen (secondary N) is 1. The summed E-state index contributed by atoms with van der Waals surface area (Å²) in [6, 6.07) is 6.27. The third-order valence-corrected chi connectivity index (χ3v) is 2.13. The second-order valence-electron chi connectivity index (χ2n) is 2.74. The first kappa shape index (κ1) is 4.74. The van der Waals surface area contributed by atoms with Crippen molar-refractivity contribution in [3.63, 3.8) is 0 Å². The lowest BCUT2D eigenvalue weighted by atomic mass is 10.1. The van der Waals surface area contributed by atoms with Gasteiger partial charge in [0.2, 0.25) is 0 Å². The number of benzene rings is 1. The van der Waals surface area contributed by atoms with Crippen molar-refractivity contribution in [3.8, 4) is 5.75 Å². The van der Waals surface area contributed by atoms with Gasteiger partial charge in [0.25, 0.3) is 0 Å². The lowest BCUT2D eigenvalue weighted by Gasteiger charge is -2.06. The molecule has 1 unspecified atom stereocenters. The van der Waals surface area contributed by atoms with Crippen molar-refractivity contribution in [1.82, 2.24) is 5.32 Å². The molecule has 2 aliphatic rings. The minimum Gasteiger partial charge on any atom is -0.471 e. The van der Waals surface area contributed by atoms with Gasteiger partial charge in [0.05, 0.1) is 0 Å². The van der Waals surface area contributed by atoms with E-state index < -0.39 is 0 Å². The standard InChI is InChI=1S/C8H7NO/c1-2-6-3-7-5(1)4-9-8(7)10-6/h1-3,8-9H,4H2. The fourth-order valence-corrected chi connectivity index (χ4v) is 1.61. The molecular weight excluding hydrogens is 126 g/mol. The zero-order valence-corrected chi connectivity index (χ0v) is 5.42. The fraction of sp³-hybridized carbons (Fsp3) is 0.250. The van der Waals surface area contributed by atoms with Crippen molar-refractivity contribution in [2.24, 2.45) is 0 Å². The number of ether oxygens (including phenoxy) is 1. The van der Waals surface area contributed by atoms with Crippen molar-refractivity contribution >= 4 is 0 Å². The van der Waals surface area contributed by atoms with Crippen LogP contribution in [0.1, 0.15) is 17.4 Å². The summed E-state index contributed by atoms with van der Waals surface area (Å²) >= 11 is 0. The summed E-state index contributed by atoms with van der Waals surface area (Å²) in [6.07, 6.45) is 0.167. The number of fused-ring (bicyclic) bond motifs is 1. The molecule has 2 bridgehead atoms. The molecule has 0 saturated heterocycles. The Morgan fingerprint density at radius 3 is 3.50 bits per heavy atom. The van der Waals surface area contributed by atoms with Gasteiger partial charge in [-0.2, -0.15) is 0 Å². The van der Waals surface area contributed by atoms with Crippen LogP contribution in [0.5, 0.6) is 5.75 Å². The van der Waals surface area contributed by atoms with Gasteiger partial charge in [-0.1, -0.05) is 6.07 Å². The Morgan fingerprint density at radius 2 is 2.50 bits per heavy atom. The van der Waals surface area contributed by atoms with E-state index in [1.165, 1.54) is 11.1 Å². The Morgan fingerprint density at radius 1 is 1.50 bits per heavy atom. The SMILES string of the molecule is c1cc2c3cc1OC3NC2. The second kappa shape index (κ2) is 1.35. The molecule has 0 saturated carbocycles. The van der Waals surface area contributed by atoms with Crippen LogP contribution < -0.4 is 10.1 Å². The molecule has 50 valence electrons. The van der Waals surface area contributed by atoms with Crippen LogP contribution in [0.4, 0.5) is 0 Å². The molecule has 0 amide bonds. The molecule has 0 aromatic heterocycles. The van der Waals surface area contributed by atoms with E-state index in [-0.39, 0.29) is 6.23 Å². The molecule has 0 spiro atoms. The van der Waals surface area contributed by atoms with E-state index >= 15 is 0 Å². The summed E-state index contributed by atoms with van der Waals surface area (Å²) < 4.78 is 5.48. The monoisotopic (exact) mass is 133 g/mol. The Hall–Kier alpha value is -1.02. The van der Waals surface area contributed by atoms with Gasteiger partial charge in [-0.3, -0.25) is 5.32 Å². The van der Waals surface area contributed by atoms with Gasteiger partial charge < -0.3 is 4.74 Å². The summed E-state index contributed by atoms with van der Waals surface area (Å²) in [6.45, 7) is 0.959. The van der Waals surface area contributed by atoms with Gasteiger partial charge in [0.15, 0.2) is 6.23 Å². The second-order valence-corrected chi connectivity index (χ2v) is 2.74. The molecule has 10 heavy (non-hydrogen) atoms. The maximum Gasteiger partial charge on any atom is 0.177 e. The van der Waals surface area contributed by atoms with Crippen molar-refractivity contribution in [1.29, 1.82) is 0 Å². The lowest BCUT2D eigenvalue weighted by Crippen LogP contribution is -2.15. The van der Waals surface area contributed by atoms with Crippen LogP contribution in [0.25, 0.3) is 0 Å². The van der Waals surface area contributed by atoms with Crippen molar-refractivity contribution in [3.05, 3.63) is 29.3 Å². The van der Waals surface area contributed by atoms with Crippen molar-refractivity contribution in [2.75, 3.05) is 0 Å². The number of hydrogen-bond acceptors (Lipinski definition) is 2. The molecule has 1 aromatic rings. The number of hydrogen-bond donors (Lipinski definition) is 1. The van der Waals surface area contributed by atoms with E-state index in [9.17, 15) is 0 Å². The van der Waals surface area contributed by atoms with E-state index in [0.29, 0.717) is 0 Å². The molecule has 0 fully saturated rings. The van der Waals surface area contributed by atoms with Crippen LogP contribution in [0, 0.1) is 0 Å². The molecule has 2 heteroatoms. The molecule has 2 heterocycles. The van der Waals surface area contributed by atoms with Crippen molar-refractivity contribution < 1.29 is 4.74 Å². The van der Waals surface area contributed by atoms with Crippen LogP contribution in [-0.4, -0.2) is 0 Å². The maximum absolute atomic E-state index is 5.48. The Balaban J connectivity index is 2.37. The van der Waals surface area contributed by atoms with Gasteiger partial charge >= 0.3 is 0 Å². The van der Waals surface area contributed by atoms with Crippen LogP contribution in [0.15, 0.2) is 18.2 Å². The Bertz CT molecular complexity index is 295. The third-order valence-electron chi connectivity index (χ3n) is 2.13. The largest absolute Gasteiger partial charge is 0.471 e. The summed E-state index contributed by atoms with van der Waals surface area (Å²) in [5, 5.41) is 3.25. The van der Waals surface area contributed by atoms with Crippen LogP contribution in [-0.2, 0) is 6.54 Å². The summed E-state index contributed by atoms with van der Waals surface area (Å²) in [5.41, 5.74) is 2.71. The maximum atomic E-state index is 5.48. The minimum absolute atomic E-state index is 0.167. The first-order valence-electron chi connectivity index (χ1n) is 3.46. The van der Waals surface area contributed by atoms with Gasteiger partial charge in [-0.25, -0.2) is 0 Å². The van der Waals surface area contributed by atoms with E-state index in [1.54, 1.807) is 0 Å². The topological polar surface area (TPSA) is 21.3 Å². The van der Waals surface area contributed by atoms with E-state index in [4.69, 9.17) is 4.74 Å². The van der Waals surface area contributed by atoms with Crippen LogP contribution >= 0.6 is 0 Å².